The molecular formula is C19H25N3OS. The van der Waals surface area contributed by atoms with Gasteiger partial charge in [-0.15, -0.1) is 11.3 Å². The SMILES string of the molecule is Cc1ccc(Cc2cnc(NC(=O)CCC3CCNC3)s2)cc1C. The van der Waals surface area contributed by atoms with E-state index in [1.807, 2.05) is 6.20 Å². The molecule has 0 radical (unpaired) electrons. The fourth-order valence-corrected chi connectivity index (χ4v) is 3.90. The third-order valence-corrected chi connectivity index (χ3v) is 5.60. The minimum Gasteiger partial charge on any atom is -0.316 e. The number of amides is 1. The van der Waals surface area contributed by atoms with Crippen molar-refractivity contribution in [3.63, 3.8) is 0 Å². The Morgan fingerprint density at radius 1 is 1.38 bits per heavy atom. The van der Waals surface area contributed by atoms with E-state index >= 15 is 0 Å². The van der Waals surface area contributed by atoms with Crippen LogP contribution in [0.15, 0.2) is 24.4 Å². The van der Waals surface area contributed by atoms with Crippen LogP contribution in [-0.2, 0) is 11.2 Å². The lowest BCUT2D eigenvalue weighted by atomic mass is 10.0. The molecule has 0 spiro atoms. The molecule has 0 saturated carbocycles. The molecule has 1 fully saturated rings. The first-order valence-electron chi connectivity index (χ1n) is 8.61. The summed E-state index contributed by atoms with van der Waals surface area (Å²) in [7, 11) is 0. The Morgan fingerprint density at radius 2 is 2.25 bits per heavy atom. The van der Waals surface area contributed by atoms with Gasteiger partial charge in [0.05, 0.1) is 0 Å². The van der Waals surface area contributed by atoms with E-state index in [4.69, 9.17) is 0 Å². The first kappa shape index (κ1) is 17.1. The van der Waals surface area contributed by atoms with Crippen LogP contribution in [0.2, 0.25) is 0 Å². The van der Waals surface area contributed by atoms with E-state index in [-0.39, 0.29) is 5.91 Å². The first-order valence-corrected chi connectivity index (χ1v) is 9.43. The average molecular weight is 343 g/mol. The molecule has 1 aliphatic rings. The van der Waals surface area contributed by atoms with Gasteiger partial charge in [-0.1, -0.05) is 18.2 Å². The molecule has 1 amide bonds. The number of rotatable bonds is 6. The number of hydrogen-bond acceptors (Lipinski definition) is 4. The van der Waals surface area contributed by atoms with Gasteiger partial charge in [0.2, 0.25) is 5.91 Å². The molecule has 1 unspecified atom stereocenters. The van der Waals surface area contributed by atoms with Crippen LogP contribution in [0.3, 0.4) is 0 Å². The molecule has 1 saturated heterocycles. The van der Waals surface area contributed by atoms with Crippen molar-refractivity contribution in [2.45, 2.75) is 39.5 Å². The zero-order valence-corrected chi connectivity index (χ0v) is 15.2. The van der Waals surface area contributed by atoms with E-state index in [9.17, 15) is 4.79 Å². The Morgan fingerprint density at radius 3 is 3.00 bits per heavy atom. The number of nitrogens with one attached hydrogen (secondary N) is 2. The van der Waals surface area contributed by atoms with Crippen molar-refractivity contribution in [3.8, 4) is 0 Å². The number of thiazole rings is 1. The van der Waals surface area contributed by atoms with E-state index in [1.165, 1.54) is 28.0 Å². The van der Waals surface area contributed by atoms with Crippen LogP contribution in [0.25, 0.3) is 0 Å². The van der Waals surface area contributed by atoms with E-state index in [0.29, 0.717) is 17.5 Å². The number of aromatic nitrogens is 1. The summed E-state index contributed by atoms with van der Waals surface area (Å²) in [5.74, 6) is 0.723. The summed E-state index contributed by atoms with van der Waals surface area (Å²) in [5, 5.41) is 6.99. The standard InChI is InChI=1S/C19H25N3OS/c1-13-3-4-16(9-14(13)2)10-17-12-21-19(24-17)22-18(23)6-5-15-7-8-20-11-15/h3-4,9,12,15,20H,5-8,10-11H2,1-2H3,(H,21,22,23). The van der Waals surface area contributed by atoms with Gasteiger partial charge in [-0.2, -0.15) is 0 Å². The van der Waals surface area contributed by atoms with Crippen LogP contribution in [0, 0.1) is 19.8 Å². The second kappa shape index (κ2) is 7.90. The largest absolute Gasteiger partial charge is 0.316 e. The van der Waals surface area contributed by atoms with Crippen molar-refractivity contribution < 1.29 is 4.79 Å². The lowest BCUT2D eigenvalue weighted by Gasteiger charge is -2.07. The third-order valence-electron chi connectivity index (χ3n) is 4.69. The van der Waals surface area contributed by atoms with Gasteiger partial charge in [-0.05, 0) is 62.4 Å². The summed E-state index contributed by atoms with van der Waals surface area (Å²) in [6.45, 7) is 6.39. The maximum atomic E-state index is 12.1. The highest BCUT2D eigenvalue weighted by Gasteiger charge is 2.16. The summed E-state index contributed by atoms with van der Waals surface area (Å²) in [6.07, 6.45) is 5.46. The number of benzene rings is 1. The van der Waals surface area contributed by atoms with Crippen LogP contribution >= 0.6 is 11.3 Å². The lowest BCUT2D eigenvalue weighted by Crippen LogP contribution is -2.14. The Balaban J connectivity index is 1.51. The highest BCUT2D eigenvalue weighted by Crippen LogP contribution is 2.23. The summed E-state index contributed by atoms with van der Waals surface area (Å²) in [6, 6.07) is 6.55. The second-order valence-electron chi connectivity index (χ2n) is 6.67. The fraction of sp³-hybridized carbons (Fsp3) is 0.474. The summed E-state index contributed by atoms with van der Waals surface area (Å²) >= 11 is 1.57. The Hall–Kier alpha value is -1.72. The zero-order valence-electron chi connectivity index (χ0n) is 14.4. The number of nitrogens with zero attached hydrogens (tertiary/aromatic N) is 1. The Bertz CT molecular complexity index is 704. The van der Waals surface area contributed by atoms with E-state index in [1.54, 1.807) is 11.3 Å². The van der Waals surface area contributed by atoms with Crippen molar-refractivity contribution in [2.75, 3.05) is 18.4 Å². The third kappa shape index (κ3) is 4.65. The highest BCUT2D eigenvalue weighted by atomic mass is 32.1. The number of hydrogen-bond donors (Lipinski definition) is 2. The highest BCUT2D eigenvalue weighted by molar-refractivity contribution is 7.15. The molecule has 3 rings (SSSR count). The molecule has 1 aromatic carbocycles. The zero-order chi connectivity index (χ0) is 16.9. The van der Waals surface area contributed by atoms with Crippen LogP contribution in [0.1, 0.15) is 40.8 Å². The van der Waals surface area contributed by atoms with E-state index in [2.05, 4.69) is 47.7 Å². The normalized spacial score (nSPS) is 17.2. The van der Waals surface area contributed by atoms with Crippen LogP contribution in [-0.4, -0.2) is 24.0 Å². The van der Waals surface area contributed by atoms with Crippen molar-refractivity contribution in [3.05, 3.63) is 46.0 Å². The van der Waals surface area contributed by atoms with Crippen LogP contribution in [0.5, 0.6) is 0 Å². The van der Waals surface area contributed by atoms with Crippen LogP contribution in [0.4, 0.5) is 5.13 Å². The topological polar surface area (TPSA) is 54.0 Å². The minimum absolute atomic E-state index is 0.0778. The van der Waals surface area contributed by atoms with E-state index in [0.717, 1.165) is 25.9 Å². The molecule has 0 aliphatic carbocycles. The molecule has 2 aromatic rings. The number of carbonyl (C=O) groups excluding carboxylic acids is 1. The van der Waals surface area contributed by atoms with E-state index < -0.39 is 0 Å². The first-order chi connectivity index (χ1) is 11.6. The van der Waals surface area contributed by atoms with Crippen LogP contribution < -0.4 is 10.6 Å². The molecule has 24 heavy (non-hydrogen) atoms. The van der Waals surface area contributed by atoms with Gasteiger partial charge in [0.25, 0.3) is 0 Å². The number of aryl methyl sites for hydroxylation is 2. The molecule has 1 aliphatic heterocycles. The Labute approximate surface area is 147 Å². The quantitative estimate of drug-likeness (QED) is 0.841. The van der Waals surface area contributed by atoms with Gasteiger partial charge in [0, 0.05) is 23.9 Å². The van der Waals surface area contributed by atoms with Crippen molar-refractivity contribution in [1.29, 1.82) is 0 Å². The van der Waals surface area contributed by atoms with Gasteiger partial charge in [-0.25, -0.2) is 4.98 Å². The molecule has 1 atom stereocenters. The predicted molar refractivity (Wildman–Crippen MR) is 99.7 cm³/mol. The predicted octanol–water partition coefficient (Wildman–Crippen LogP) is 3.68. The monoisotopic (exact) mass is 343 g/mol. The van der Waals surface area contributed by atoms with Gasteiger partial charge < -0.3 is 10.6 Å². The summed E-state index contributed by atoms with van der Waals surface area (Å²) < 4.78 is 0. The van der Waals surface area contributed by atoms with Crippen molar-refractivity contribution in [2.24, 2.45) is 5.92 Å². The van der Waals surface area contributed by atoms with Gasteiger partial charge >= 0.3 is 0 Å². The Kier molecular flexibility index (Phi) is 5.63. The average Bonchev–Trinajstić information content (AvgIpc) is 3.21. The lowest BCUT2D eigenvalue weighted by molar-refractivity contribution is -0.116. The molecule has 128 valence electrons. The molecule has 0 bridgehead atoms. The van der Waals surface area contributed by atoms with Crippen molar-refractivity contribution in [1.82, 2.24) is 10.3 Å². The summed E-state index contributed by atoms with van der Waals surface area (Å²) in [5.41, 5.74) is 3.91. The fourth-order valence-electron chi connectivity index (χ4n) is 3.04. The molecule has 2 N–H and O–H groups in total. The second-order valence-corrected chi connectivity index (χ2v) is 7.79. The minimum atomic E-state index is 0.0778. The molecule has 2 heterocycles. The number of anilines is 1. The van der Waals surface area contributed by atoms with Gasteiger partial charge in [-0.3, -0.25) is 4.79 Å². The molecule has 1 aromatic heterocycles. The van der Waals surface area contributed by atoms with Crippen molar-refractivity contribution >= 4 is 22.4 Å². The number of carbonyl (C=O) groups is 1. The summed E-state index contributed by atoms with van der Waals surface area (Å²) in [4.78, 5) is 17.6. The van der Waals surface area contributed by atoms with Gasteiger partial charge in [0.1, 0.15) is 0 Å². The molecular weight excluding hydrogens is 318 g/mol. The molecule has 4 nitrogen and oxygen atoms in total. The van der Waals surface area contributed by atoms with Gasteiger partial charge in [0.15, 0.2) is 5.13 Å². The smallest absolute Gasteiger partial charge is 0.226 e. The maximum absolute atomic E-state index is 12.1. The maximum Gasteiger partial charge on any atom is 0.226 e. The molecule has 5 heteroatoms.